The topological polar surface area (TPSA) is 61.5 Å². The smallest absolute Gasteiger partial charge is 0.322 e. The molecule has 0 spiro atoms. The zero-order chi connectivity index (χ0) is 15.0. The summed E-state index contributed by atoms with van der Waals surface area (Å²) in [5.41, 5.74) is 5.53. The summed E-state index contributed by atoms with van der Waals surface area (Å²) < 4.78 is 11.4. The Labute approximate surface area is 118 Å². The molecule has 0 aliphatic rings. The van der Waals surface area contributed by atoms with E-state index < -0.39 is 6.04 Å². The van der Waals surface area contributed by atoms with Gasteiger partial charge < -0.3 is 15.2 Å². The van der Waals surface area contributed by atoms with Crippen molar-refractivity contribution in [3.8, 4) is 0 Å². The number of hydrogen-bond donors (Lipinski definition) is 1. The van der Waals surface area contributed by atoms with Crippen molar-refractivity contribution in [3.63, 3.8) is 0 Å². The monoisotopic (exact) mass is 273 g/mol. The van der Waals surface area contributed by atoms with E-state index in [9.17, 15) is 4.79 Å². The third-order valence-corrected chi connectivity index (χ3v) is 3.27. The fraction of sp³-hybridized carbons (Fsp3) is 0.933. The highest BCUT2D eigenvalue weighted by atomic mass is 16.6. The van der Waals surface area contributed by atoms with E-state index in [1.54, 1.807) is 6.92 Å². The maximum absolute atomic E-state index is 11.6. The van der Waals surface area contributed by atoms with Crippen LogP contribution in [0.15, 0.2) is 0 Å². The zero-order valence-corrected chi connectivity index (χ0v) is 13.3. The Balaban J connectivity index is 4.65. The first-order chi connectivity index (χ1) is 8.83. The summed E-state index contributed by atoms with van der Waals surface area (Å²) >= 11 is 0. The fourth-order valence-corrected chi connectivity index (χ4v) is 2.07. The van der Waals surface area contributed by atoms with Gasteiger partial charge in [-0.3, -0.25) is 4.79 Å². The van der Waals surface area contributed by atoms with Gasteiger partial charge in [-0.25, -0.2) is 0 Å². The molecule has 0 bridgehead atoms. The molecular formula is C15H31NO3. The normalized spacial score (nSPS) is 16.5. The summed E-state index contributed by atoms with van der Waals surface area (Å²) in [6.07, 6.45) is 1.71. The molecule has 0 saturated heterocycles. The molecule has 4 nitrogen and oxygen atoms in total. The van der Waals surface area contributed by atoms with Crippen molar-refractivity contribution in [2.24, 2.45) is 17.6 Å². The van der Waals surface area contributed by atoms with Gasteiger partial charge in [-0.1, -0.05) is 40.5 Å². The first-order valence-electron chi connectivity index (χ1n) is 7.41. The summed E-state index contributed by atoms with van der Waals surface area (Å²) in [7, 11) is 0. The van der Waals surface area contributed by atoms with Crippen molar-refractivity contribution < 1.29 is 14.3 Å². The third kappa shape index (κ3) is 6.92. The minimum atomic E-state index is -0.588. The Morgan fingerprint density at radius 3 is 2.00 bits per heavy atom. The van der Waals surface area contributed by atoms with Crippen LogP contribution in [0.1, 0.15) is 54.4 Å². The molecule has 0 amide bonds. The molecule has 0 aromatic rings. The lowest BCUT2D eigenvalue weighted by atomic mass is 9.93. The Bertz CT molecular complexity index is 250. The molecule has 0 aromatic heterocycles. The second kappa shape index (κ2) is 9.32. The number of esters is 1. The standard InChI is InChI=1S/C15H31NO3/c1-7-13(8-2)14(18-9-10(3)4)12(6)19-15(17)11(5)16/h10-14H,7-9,16H2,1-6H3/t11-,12-,14-/m0/s1. The van der Waals surface area contributed by atoms with Gasteiger partial charge in [0, 0.05) is 6.61 Å². The first kappa shape index (κ1) is 18.4. The van der Waals surface area contributed by atoms with Crippen LogP contribution in [0.4, 0.5) is 0 Å². The molecule has 19 heavy (non-hydrogen) atoms. The minimum absolute atomic E-state index is 0.0555. The lowest BCUT2D eigenvalue weighted by Gasteiger charge is -2.31. The van der Waals surface area contributed by atoms with Gasteiger partial charge in [0.2, 0.25) is 0 Å². The highest BCUT2D eigenvalue weighted by Crippen LogP contribution is 2.22. The number of hydrogen-bond acceptors (Lipinski definition) is 4. The molecule has 114 valence electrons. The summed E-state index contributed by atoms with van der Waals surface area (Å²) in [6.45, 7) is 12.7. The van der Waals surface area contributed by atoms with E-state index in [0.717, 1.165) is 12.8 Å². The number of ether oxygens (including phenoxy) is 2. The minimum Gasteiger partial charge on any atom is -0.459 e. The van der Waals surface area contributed by atoms with E-state index in [4.69, 9.17) is 15.2 Å². The highest BCUT2D eigenvalue weighted by molar-refractivity contribution is 5.75. The summed E-state index contributed by atoms with van der Waals surface area (Å²) in [4.78, 5) is 11.6. The van der Waals surface area contributed by atoms with Crippen LogP contribution < -0.4 is 5.73 Å². The highest BCUT2D eigenvalue weighted by Gasteiger charge is 2.29. The summed E-state index contributed by atoms with van der Waals surface area (Å²) in [5.74, 6) is 0.499. The molecule has 2 N–H and O–H groups in total. The Hall–Kier alpha value is -0.610. The summed E-state index contributed by atoms with van der Waals surface area (Å²) in [6, 6.07) is -0.588. The van der Waals surface area contributed by atoms with Crippen molar-refractivity contribution >= 4 is 5.97 Å². The van der Waals surface area contributed by atoms with Crippen molar-refractivity contribution in [2.45, 2.75) is 72.6 Å². The molecule has 0 rings (SSSR count). The second-order valence-electron chi connectivity index (χ2n) is 5.70. The van der Waals surface area contributed by atoms with E-state index in [-0.39, 0.29) is 18.2 Å². The first-order valence-corrected chi connectivity index (χ1v) is 7.41. The van der Waals surface area contributed by atoms with Crippen molar-refractivity contribution in [2.75, 3.05) is 6.61 Å². The molecule has 0 aliphatic carbocycles. The van der Waals surface area contributed by atoms with Crippen LogP contribution in [0, 0.1) is 11.8 Å². The molecular weight excluding hydrogens is 242 g/mol. The van der Waals surface area contributed by atoms with E-state index in [1.807, 2.05) is 6.92 Å². The van der Waals surface area contributed by atoms with Crippen LogP contribution in [-0.2, 0) is 14.3 Å². The Morgan fingerprint density at radius 2 is 1.63 bits per heavy atom. The molecule has 0 aromatic carbocycles. The maximum atomic E-state index is 11.6. The number of carbonyl (C=O) groups excluding carboxylic acids is 1. The van der Waals surface area contributed by atoms with Crippen LogP contribution in [0.2, 0.25) is 0 Å². The van der Waals surface area contributed by atoms with Gasteiger partial charge in [-0.15, -0.1) is 0 Å². The van der Waals surface area contributed by atoms with Gasteiger partial charge in [-0.05, 0) is 25.7 Å². The second-order valence-corrected chi connectivity index (χ2v) is 5.70. The number of rotatable bonds is 9. The van der Waals surface area contributed by atoms with Gasteiger partial charge in [-0.2, -0.15) is 0 Å². The molecule has 0 aliphatic heterocycles. The van der Waals surface area contributed by atoms with Gasteiger partial charge >= 0.3 is 5.97 Å². The SMILES string of the molecule is CCC(CC)[C@@H](OCC(C)C)[C@H](C)OC(=O)[C@H](C)N. The predicted molar refractivity (Wildman–Crippen MR) is 77.9 cm³/mol. The average molecular weight is 273 g/mol. The van der Waals surface area contributed by atoms with Crippen molar-refractivity contribution in [3.05, 3.63) is 0 Å². The van der Waals surface area contributed by atoms with Gasteiger partial charge in [0.25, 0.3) is 0 Å². The lowest BCUT2D eigenvalue weighted by Crippen LogP contribution is -2.41. The van der Waals surface area contributed by atoms with Gasteiger partial charge in [0.05, 0.1) is 6.10 Å². The molecule has 0 fully saturated rings. The van der Waals surface area contributed by atoms with Crippen LogP contribution in [0.3, 0.4) is 0 Å². The quantitative estimate of drug-likeness (QED) is 0.656. The average Bonchev–Trinajstić information content (AvgIpc) is 2.33. The van der Waals surface area contributed by atoms with Gasteiger partial charge in [0.1, 0.15) is 12.1 Å². The fourth-order valence-electron chi connectivity index (χ4n) is 2.07. The van der Waals surface area contributed by atoms with Crippen LogP contribution >= 0.6 is 0 Å². The van der Waals surface area contributed by atoms with E-state index in [2.05, 4.69) is 27.7 Å². The van der Waals surface area contributed by atoms with Crippen molar-refractivity contribution in [1.82, 2.24) is 0 Å². The van der Waals surface area contributed by atoms with E-state index >= 15 is 0 Å². The van der Waals surface area contributed by atoms with Crippen LogP contribution in [0.5, 0.6) is 0 Å². The predicted octanol–water partition coefficient (Wildman–Crippen LogP) is 2.74. The Kier molecular flexibility index (Phi) is 9.02. The Morgan fingerprint density at radius 1 is 1.11 bits per heavy atom. The van der Waals surface area contributed by atoms with Gasteiger partial charge in [0.15, 0.2) is 0 Å². The lowest BCUT2D eigenvalue weighted by molar-refractivity contribution is -0.161. The number of nitrogens with two attached hydrogens (primary N) is 1. The van der Waals surface area contributed by atoms with Crippen LogP contribution in [-0.4, -0.2) is 30.8 Å². The molecule has 0 saturated carbocycles. The van der Waals surface area contributed by atoms with Crippen molar-refractivity contribution in [1.29, 1.82) is 0 Å². The number of carbonyl (C=O) groups is 1. The zero-order valence-electron chi connectivity index (χ0n) is 13.3. The molecule has 3 atom stereocenters. The third-order valence-electron chi connectivity index (χ3n) is 3.27. The maximum Gasteiger partial charge on any atom is 0.322 e. The van der Waals surface area contributed by atoms with E-state index in [1.165, 1.54) is 0 Å². The molecule has 4 heteroatoms. The molecule has 0 radical (unpaired) electrons. The van der Waals surface area contributed by atoms with E-state index in [0.29, 0.717) is 18.4 Å². The largest absolute Gasteiger partial charge is 0.459 e. The summed E-state index contributed by atoms with van der Waals surface area (Å²) in [5, 5.41) is 0. The molecule has 0 unspecified atom stereocenters. The van der Waals surface area contributed by atoms with Crippen LogP contribution in [0.25, 0.3) is 0 Å². The molecule has 0 heterocycles.